The first kappa shape index (κ1) is 19.1. The molecule has 5 heteroatoms. The van der Waals surface area contributed by atoms with Gasteiger partial charge in [-0.25, -0.2) is 0 Å². The molecule has 0 radical (unpaired) electrons. The highest BCUT2D eigenvalue weighted by molar-refractivity contribution is 5.95. The summed E-state index contributed by atoms with van der Waals surface area (Å²) in [5, 5.41) is 0. The Morgan fingerprint density at radius 2 is 1.81 bits per heavy atom. The van der Waals surface area contributed by atoms with Gasteiger partial charge >= 0.3 is 0 Å². The predicted molar refractivity (Wildman–Crippen MR) is 105 cm³/mol. The summed E-state index contributed by atoms with van der Waals surface area (Å²) in [5.74, 6) is 2.26. The molecule has 1 fully saturated rings. The number of rotatable bonds is 6. The first-order chi connectivity index (χ1) is 13.1. The van der Waals surface area contributed by atoms with Crippen LogP contribution in [0.3, 0.4) is 0 Å². The first-order valence-corrected chi connectivity index (χ1v) is 9.35. The van der Waals surface area contributed by atoms with E-state index in [2.05, 4.69) is 0 Å². The monoisotopic (exact) mass is 369 g/mol. The fourth-order valence-electron chi connectivity index (χ4n) is 3.68. The number of ether oxygens (including phenoxy) is 3. The van der Waals surface area contributed by atoms with Crippen molar-refractivity contribution in [2.45, 2.75) is 32.7 Å². The maximum Gasteiger partial charge on any atom is 0.254 e. The van der Waals surface area contributed by atoms with Crippen molar-refractivity contribution in [2.24, 2.45) is 0 Å². The Morgan fingerprint density at radius 1 is 1.07 bits per heavy atom. The van der Waals surface area contributed by atoms with Crippen molar-refractivity contribution in [1.82, 2.24) is 4.90 Å². The van der Waals surface area contributed by atoms with E-state index in [-0.39, 0.29) is 11.9 Å². The number of methoxy groups -OCH3 is 2. The molecular formula is C22H27NO4. The first-order valence-electron chi connectivity index (χ1n) is 9.35. The van der Waals surface area contributed by atoms with E-state index < -0.39 is 0 Å². The zero-order valence-electron chi connectivity index (χ0n) is 16.5. The Bertz CT molecular complexity index is 818. The standard InChI is InChI=1S/C22H27NO4/c1-5-27-19-10-9-17(13-15(19)2)22(24)23-12-6-7-18(23)16-8-11-20(25-3)21(14-16)26-4/h8-11,13-14,18H,5-7,12H2,1-4H3. The van der Waals surface area contributed by atoms with Crippen LogP contribution in [0, 0.1) is 6.92 Å². The third-order valence-corrected chi connectivity index (χ3v) is 5.03. The second kappa shape index (κ2) is 8.33. The van der Waals surface area contributed by atoms with Crippen molar-refractivity contribution in [3.63, 3.8) is 0 Å². The number of amides is 1. The van der Waals surface area contributed by atoms with Gasteiger partial charge in [0.15, 0.2) is 11.5 Å². The van der Waals surface area contributed by atoms with Crippen LogP contribution >= 0.6 is 0 Å². The molecule has 1 heterocycles. The van der Waals surface area contributed by atoms with Crippen molar-refractivity contribution in [2.75, 3.05) is 27.4 Å². The molecule has 3 rings (SSSR count). The van der Waals surface area contributed by atoms with Gasteiger partial charge in [0.2, 0.25) is 0 Å². The van der Waals surface area contributed by atoms with Gasteiger partial charge in [-0.05, 0) is 68.1 Å². The van der Waals surface area contributed by atoms with Crippen molar-refractivity contribution in [3.8, 4) is 17.2 Å². The number of carbonyl (C=O) groups is 1. The Morgan fingerprint density at radius 3 is 2.48 bits per heavy atom. The number of hydrogen-bond donors (Lipinski definition) is 0. The SMILES string of the molecule is CCOc1ccc(C(=O)N2CCCC2c2ccc(OC)c(OC)c2)cc1C. The third-order valence-electron chi connectivity index (χ3n) is 5.03. The summed E-state index contributed by atoms with van der Waals surface area (Å²) in [4.78, 5) is 15.1. The van der Waals surface area contributed by atoms with Gasteiger partial charge in [0.25, 0.3) is 5.91 Å². The molecule has 1 aliphatic heterocycles. The van der Waals surface area contributed by atoms with Crippen molar-refractivity contribution >= 4 is 5.91 Å². The molecule has 0 saturated carbocycles. The molecule has 0 aromatic heterocycles. The van der Waals surface area contributed by atoms with E-state index >= 15 is 0 Å². The van der Waals surface area contributed by atoms with Crippen LogP contribution in [-0.2, 0) is 0 Å². The lowest BCUT2D eigenvalue weighted by Crippen LogP contribution is -2.30. The largest absolute Gasteiger partial charge is 0.494 e. The van der Waals surface area contributed by atoms with E-state index in [4.69, 9.17) is 14.2 Å². The summed E-state index contributed by atoms with van der Waals surface area (Å²) in [6, 6.07) is 11.6. The van der Waals surface area contributed by atoms with Gasteiger partial charge in [-0.2, -0.15) is 0 Å². The fourth-order valence-corrected chi connectivity index (χ4v) is 3.68. The topological polar surface area (TPSA) is 48.0 Å². The Balaban J connectivity index is 1.86. The van der Waals surface area contributed by atoms with Gasteiger partial charge in [0.05, 0.1) is 26.9 Å². The van der Waals surface area contributed by atoms with Crippen molar-refractivity contribution < 1.29 is 19.0 Å². The summed E-state index contributed by atoms with van der Waals surface area (Å²) >= 11 is 0. The molecule has 1 aliphatic rings. The molecule has 0 bridgehead atoms. The number of likely N-dealkylation sites (tertiary alicyclic amines) is 1. The molecule has 0 aliphatic carbocycles. The second-order valence-corrected chi connectivity index (χ2v) is 6.68. The van der Waals surface area contributed by atoms with E-state index in [0.29, 0.717) is 23.7 Å². The highest BCUT2D eigenvalue weighted by Gasteiger charge is 2.31. The molecule has 2 aromatic carbocycles. The molecule has 1 saturated heterocycles. The van der Waals surface area contributed by atoms with Crippen molar-refractivity contribution in [1.29, 1.82) is 0 Å². The van der Waals surface area contributed by atoms with Crippen LogP contribution in [0.25, 0.3) is 0 Å². The number of benzene rings is 2. The summed E-state index contributed by atoms with van der Waals surface area (Å²) in [7, 11) is 3.25. The zero-order chi connectivity index (χ0) is 19.4. The quantitative estimate of drug-likeness (QED) is 0.758. The van der Waals surface area contributed by atoms with E-state index in [1.165, 1.54) is 0 Å². The lowest BCUT2D eigenvalue weighted by Gasteiger charge is -2.26. The third kappa shape index (κ3) is 3.87. The minimum absolute atomic E-state index is 0.0455. The summed E-state index contributed by atoms with van der Waals surface area (Å²) < 4.78 is 16.3. The highest BCUT2D eigenvalue weighted by Crippen LogP contribution is 2.37. The van der Waals surface area contributed by atoms with Crippen LogP contribution < -0.4 is 14.2 Å². The smallest absolute Gasteiger partial charge is 0.254 e. The lowest BCUT2D eigenvalue weighted by atomic mass is 10.0. The molecule has 144 valence electrons. The Hall–Kier alpha value is -2.69. The van der Waals surface area contributed by atoms with Crippen LogP contribution in [0.1, 0.15) is 47.3 Å². The average Bonchev–Trinajstić information content (AvgIpc) is 3.18. The fraction of sp³-hybridized carbons (Fsp3) is 0.409. The number of hydrogen-bond acceptors (Lipinski definition) is 4. The molecule has 0 spiro atoms. The molecular weight excluding hydrogens is 342 g/mol. The summed E-state index contributed by atoms with van der Waals surface area (Å²) in [5.41, 5.74) is 2.74. The normalized spacial score (nSPS) is 16.3. The van der Waals surface area contributed by atoms with Gasteiger partial charge in [0, 0.05) is 12.1 Å². The van der Waals surface area contributed by atoms with Gasteiger partial charge in [-0.3, -0.25) is 4.79 Å². The van der Waals surface area contributed by atoms with Gasteiger partial charge in [-0.1, -0.05) is 6.07 Å². The molecule has 0 N–H and O–H groups in total. The minimum atomic E-state index is 0.0455. The molecule has 5 nitrogen and oxygen atoms in total. The van der Waals surface area contributed by atoms with Crippen LogP contribution in [0.2, 0.25) is 0 Å². The molecule has 1 amide bonds. The van der Waals surface area contributed by atoms with Crippen LogP contribution in [0.15, 0.2) is 36.4 Å². The number of carbonyl (C=O) groups excluding carboxylic acids is 1. The minimum Gasteiger partial charge on any atom is -0.494 e. The Labute approximate surface area is 160 Å². The molecule has 2 aromatic rings. The molecule has 27 heavy (non-hydrogen) atoms. The molecule has 1 atom stereocenters. The Kier molecular flexibility index (Phi) is 5.89. The van der Waals surface area contributed by atoms with E-state index in [0.717, 1.165) is 36.3 Å². The average molecular weight is 369 g/mol. The lowest BCUT2D eigenvalue weighted by molar-refractivity contribution is 0.0735. The maximum atomic E-state index is 13.2. The second-order valence-electron chi connectivity index (χ2n) is 6.68. The summed E-state index contributed by atoms with van der Waals surface area (Å²) in [6.45, 7) is 5.29. The van der Waals surface area contributed by atoms with E-state index in [9.17, 15) is 4.79 Å². The van der Waals surface area contributed by atoms with Crippen LogP contribution in [0.5, 0.6) is 17.2 Å². The van der Waals surface area contributed by atoms with Gasteiger partial charge in [-0.15, -0.1) is 0 Å². The van der Waals surface area contributed by atoms with Crippen LogP contribution in [0.4, 0.5) is 0 Å². The van der Waals surface area contributed by atoms with E-state index in [1.807, 2.05) is 55.1 Å². The molecule has 1 unspecified atom stereocenters. The van der Waals surface area contributed by atoms with Gasteiger partial charge < -0.3 is 19.1 Å². The van der Waals surface area contributed by atoms with Gasteiger partial charge in [0.1, 0.15) is 5.75 Å². The van der Waals surface area contributed by atoms with Crippen LogP contribution in [-0.4, -0.2) is 38.2 Å². The van der Waals surface area contributed by atoms with Crippen molar-refractivity contribution in [3.05, 3.63) is 53.1 Å². The van der Waals surface area contributed by atoms with E-state index in [1.54, 1.807) is 14.2 Å². The predicted octanol–water partition coefficient (Wildman–Crippen LogP) is 4.39. The number of nitrogens with zero attached hydrogens (tertiary/aromatic N) is 1. The number of aryl methyl sites for hydroxylation is 1. The maximum absolute atomic E-state index is 13.2. The summed E-state index contributed by atoms with van der Waals surface area (Å²) in [6.07, 6.45) is 1.93. The zero-order valence-corrected chi connectivity index (χ0v) is 16.5. The highest BCUT2D eigenvalue weighted by atomic mass is 16.5.